The molecule has 0 saturated heterocycles. The van der Waals surface area contributed by atoms with Crippen LogP contribution < -0.4 is 10.6 Å². The van der Waals surface area contributed by atoms with Gasteiger partial charge in [-0.3, -0.25) is 10.1 Å². The van der Waals surface area contributed by atoms with E-state index >= 15 is 0 Å². The molecule has 2 amide bonds. The van der Waals surface area contributed by atoms with Crippen LogP contribution in [0.4, 0.5) is 14.9 Å². The van der Waals surface area contributed by atoms with Gasteiger partial charge in [0.2, 0.25) is 0 Å². The minimum atomic E-state index is -1.33. The summed E-state index contributed by atoms with van der Waals surface area (Å²) in [5.74, 6) is -3.28. The number of hydrogen-bond acceptors (Lipinski definition) is 5. The largest absolute Gasteiger partial charge is 0.480 e. The number of halogens is 1. The molecule has 180 valence electrons. The van der Waals surface area contributed by atoms with Crippen molar-refractivity contribution in [3.05, 3.63) is 89.2 Å². The molecule has 1 aliphatic rings. The van der Waals surface area contributed by atoms with Gasteiger partial charge in [-0.05, 0) is 40.5 Å². The summed E-state index contributed by atoms with van der Waals surface area (Å²) in [6.45, 7) is -0.178. The number of aliphatic carboxylic acids is 1. The van der Waals surface area contributed by atoms with Crippen LogP contribution in [0.25, 0.3) is 11.1 Å². The van der Waals surface area contributed by atoms with E-state index in [1.165, 1.54) is 13.2 Å². The zero-order valence-corrected chi connectivity index (χ0v) is 18.8. The number of methoxy groups -OCH3 is 1. The highest BCUT2D eigenvalue weighted by atomic mass is 19.1. The van der Waals surface area contributed by atoms with Crippen LogP contribution in [-0.2, 0) is 14.3 Å². The Morgan fingerprint density at radius 2 is 1.63 bits per heavy atom. The van der Waals surface area contributed by atoms with Gasteiger partial charge in [-0.1, -0.05) is 48.5 Å². The lowest BCUT2D eigenvalue weighted by atomic mass is 9.98. The summed E-state index contributed by atoms with van der Waals surface area (Å²) < 4.78 is 24.7. The topological polar surface area (TPSA) is 114 Å². The van der Waals surface area contributed by atoms with E-state index in [2.05, 4.69) is 10.6 Å². The highest BCUT2D eigenvalue weighted by molar-refractivity contribution is 5.97. The average molecular weight is 478 g/mol. The lowest BCUT2D eigenvalue weighted by Crippen LogP contribution is -2.44. The van der Waals surface area contributed by atoms with Crippen molar-refractivity contribution in [1.29, 1.82) is 0 Å². The Morgan fingerprint density at radius 3 is 2.20 bits per heavy atom. The number of ether oxygens (including phenoxy) is 2. The van der Waals surface area contributed by atoms with E-state index in [1.807, 2.05) is 48.5 Å². The molecule has 0 saturated carbocycles. The molecular weight excluding hydrogens is 455 g/mol. The molecule has 3 aromatic rings. The van der Waals surface area contributed by atoms with Gasteiger partial charge in [0.15, 0.2) is 6.04 Å². The molecule has 1 aliphatic carbocycles. The Balaban J connectivity index is 1.39. The summed E-state index contributed by atoms with van der Waals surface area (Å²) in [7, 11) is 1.28. The molecule has 35 heavy (non-hydrogen) atoms. The van der Waals surface area contributed by atoms with Crippen LogP contribution in [0.1, 0.15) is 27.4 Å². The minimum Gasteiger partial charge on any atom is -0.480 e. The van der Waals surface area contributed by atoms with Gasteiger partial charge in [0.1, 0.15) is 12.4 Å². The predicted molar refractivity (Wildman–Crippen MR) is 126 cm³/mol. The second kappa shape index (κ2) is 10.4. The monoisotopic (exact) mass is 478 g/mol. The van der Waals surface area contributed by atoms with E-state index in [1.54, 1.807) is 0 Å². The normalized spacial score (nSPS) is 12.9. The summed E-state index contributed by atoms with van der Waals surface area (Å²) in [4.78, 5) is 35.8. The Morgan fingerprint density at radius 1 is 1.00 bits per heavy atom. The number of hydrogen-bond donors (Lipinski definition) is 3. The van der Waals surface area contributed by atoms with Gasteiger partial charge in [0.05, 0.1) is 12.2 Å². The average Bonchev–Trinajstić information content (AvgIpc) is 3.16. The molecule has 0 aromatic heterocycles. The fourth-order valence-electron chi connectivity index (χ4n) is 4.11. The van der Waals surface area contributed by atoms with Crippen LogP contribution in [0.15, 0.2) is 66.7 Å². The zero-order valence-electron chi connectivity index (χ0n) is 18.8. The maximum Gasteiger partial charge on any atom is 0.411 e. The number of carbonyl (C=O) groups is 3. The SMILES string of the molecule is COC[C@H](NC(=O)c1ccc(NC(=O)OCC2c3ccccc3-c3ccccc32)cc1F)C(=O)O. The molecule has 0 aliphatic heterocycles. The van der Waals surface area contributed by atoms with Gasteiger partial charge in [0, 0.05) is 18.7 Å². The number of nitrogens with one attached hydrogen (secondary N) is 2. The van der Waals surface area contributed by atoms with Crippen LogP contribution in [0.5, 0.6) is 0 Å². The molecule has 0 bridgehead atoms. The molecule has 1 atom stereocenters. The Bertz CT molecular complexity index is 1230. The lowest BCUT2D eigenvalue weighted by Gasteiger charge is -2.15. The van der Waals surface area contributed by atoms with E-state index < -0.39 is 29.8 Å². The minimum absolute atomic E-state index is 0.0861. The second-order valence-corrected chi connectivity index (χ2v) is 7.96. The molecule has 0 unspecified atom stereocenters. The van der Waals surface area contributed by atoms with E-state index in [4.69, 9.17) is 14.6 Å². The first-order valence-corrected chi connectivity index (χ1v) is 10.8. The molecule has 0 heterocycles. The predicted octanol–water partition coefficient (Wildman–Crippen LogP) is 4.02. The first kappa shape index (κ1) is 23.9. The summed E-state index contributed by atoms with van der Waals surface area (Å²) in [5, 5.41) is 13.7. The first-order valence-electron chi connectivity index (χ1n) is 10.8. The van der Waals surface area contributed by atoms with Gasteiger partial charge >= 0.3 is 12.1 Å². The smallest absolute Gasteiger partial charge is 0.411 e. The van der Waals surface area contributed by atoms with Crippen molar-refractivity contribution in [2.45, 2.75) is 12.0 Å². The third kappa shape index (κ3) is 5.15. The summed E-state index contributed by atoms with van der Waals surface area (Å²) in [6.07, 6.45) is -0.769. The molecule has 9 heteroatoms. The van der Waals surface area contributed by atoms with Crippen molar-refractivity contribution >= 4 is 23.7 Å². The molecule has 0 fully saturated rings. The van der Waals surface area contributed by atoms with Crippen LogP contribution in [-0.4, -0.2) is 49.4 Å². The number of amides is 2. The third-order valence-electron chi connectivity index (χ3n) is 5.74. The van der Waals surface area contributed by atoms with Crippen molar-refractivity contribution in [2.24, 2.45) is 0 Å². The van der Waals surface area contributed by atoms with E-state index in [0.29, 0.717) is 0 Å². The summed E-state index contributed by atoms with van der Waals surface area (Å²) in [6, 6.07) is 18.0. The van der Waals surface area contributed by atoms with Crippen LogP contribution in [0.3, 0.4) is 0 Å². The van der Waals surface area contributed by atoms with Gasteiger partial charge in [-0.25, -0.2) is 14.0 Å². The Labute approximate surface area is 200 Å². The second-order valence-electron chi connectivity index (χ2n) is 7.96. The number of rotatable bonds is 8. The van der Waals surface area contributed by atoms with Crippen molar-refractivity contribution in [3.8, 4) is 11.1 Å². The zero-order chi connectivity index (χ0) is 24.9. The summed E-state index contributed by atoms with van der Waals surface area (Å²) >= 11 is 0. The Hall–Kier alpha value is -4.24. The van der Waals surface area contributed by atoms with Crippen LogP contribution in [0, 0.1) is 5.82 Å². The molecule has 3 aromatic carbocycles. The number of anilines is 1. The van der Waals surface area contributed by atoms with Crippen LogP contribution in [0.2, 0.25) is 0 Å². The van der Waals surface area contributed by atoms with E-state index in [-0.39, 0.29) is 30.4 Å². The third-order valence-corrected chi connectivity index (χ3v) is 5.74. The molecule has 0 spiro atoms. The van der Waals surface area contributed by atoms with Gasteiger partial charge in [-0.2, -0.15) is 0 Å². The van der Waals surface area contributed by atoms with Gasteiger partial charge < -0.3 is 19.9 Å². The highest BCUT2D eigenvalue weighted by Crippen LogP contribution is 2.44. The molecule has 4 rings (SSSR count). The van der Waals surface area contributed by atoms with E-state index in [0.717, 1.165) is 34.4 Å². The molecule has 3 N–H and O–H groups in total. The van der Waals surface area contributed by atoms with E-state index in [9.17, 15) is 18.8 Å². The molecular formula is C26H23FN2O6. The summed E-state index contributed by atoms with van der Waals surface area (Å²) in [5.41, 5.74) is 4.05. The Kier molecular flexibility index (Phi) is 7.07. The number of carbonyl (C=O) groups excluding carboxylic acids is 2. The van der Waals surface area contributed by atoms with Gasteiger partial charge in [0.25, 0.3) is 5.91 Å². The first-order chi connectivity index (χ1) is 16.9. The van der Waals surface area contributed by atoms with Gasteiger partial charge in [-0.15, -0.1) is 0 Å². The number of carboxylic acids is 1. The number of benzene rings is 3. The quantitative estimate of drug-likeness (QED) is 0.451. The maximum atomic E-state index is 14.5. The van der Waals surface area contributed by atoms with Crippen LogP contribution >= 0.6 is 0 Å². The highest BCUT2D eigenvalue weighted by Gasteiger charge is 2.29. The number of carboxylic acid groups (broad SMARTS) is 1. The fraction of sp³-hybridized carbons (Fsp3) is 0.192. The fourth-order valence-corrected chi connectivity index (χ4v) is 4.11. The van der Waals surface area contributed by atoms with Crippen molar-refractivity contribution in [1.82, 2.24) is 5.32 Å². The van der Waals surface area contributed by atoms with Crippen molar-refractivity contribution in [3.63, 3.8) is 0 Å². The number of fused-ring (bicyclic) bond motifs is 3. The molecule has 8 nitrogen and oxygen atoms in total. The standard InChI is InChI=1S/C26H23FN2O6/c1-34-14-23(25(31)32)29-24(30)20-11-10-15(12-22(20)27)28-26(33)35-13-21-18-8-4-2-6-16(18)17-7-3-5-9-19(17)21/h2-12,21,23H,13-14H2,1H3,(H,28,33)(H,29,30)(H,31,32)/t23-/m0/s1. The van der Waals surface area contributed by atoms with Crippen molar-refractivity contribution in [2.75, 3.05) is 25.6 Å². The maximum absolute atomic E-state index is 14.5. The molecule has 0 radical (unpaired) electrons. The lowest BCUT2D eigenvalue weighted by molar-refractivity contribution is -0.140. The van der Waals surface area contributed by atoms with Crippen molar-refractivity contribution < 1.29 is 33.4 Å².